The number of benzene rings is 1. The third kappa shape index (κ3) is 3.25. The smallest absolute Gasteiger partial charge is 0.0130 e. The molecule has 0 saturated carbocycles. The van der Waals surface area contributed by atoms with Gasteiger partial charge in [-0.25, -0.2) is 0 Å². The molecule has 3 heteroatoms. The Morgan fingerprint density at radius 1 is 1.11 bits per heavy atom. The standard InChI is InChI=1S/C15H21IN2/c16-12-3-1-11(2-4-12)7-8-17-15-9-13-5-6-14(10-15)18-13/h1-4,13-15,17-18H,5-10H2. The monoisotopic (exact) mass is 356 g/mol. The first-order chi connectivity index (χ1) is 8.79. The molecule has 2 unspecified atom stereocenters. The Morgan fingerprint density at radius 3 is 2.44 bits per heavy atom. The zero-order chi connectivity index (χ0) is 12.4. The van der Waals surface area contributed by atoms with Gasteiger partial charge in [0.05, 0.1) is 0 Å². The lowest BCUT2D eigenvalue weighted by Crippen LogP contribution is -2.46. The number of fused-ring (bicyclic) bond motifs is 2. The van der Waals surface area contributed by atoms with Crippen molar-refractivity contribution in [2.75, 3.05) is 6.54 Å². The highest BCUT2D eigenvalue weighted by atomic mass is 127. The van der Waals surface area contributed by atoms with E-state index >= 15 is 0 Å². The van der Waals surface area contributed by atoms with E-state index in [0.717, 1.165) is 31.1 Å². The van der Waals surface area contributed by atoms with Crippen LogP contribution in [0.15, 0.2) is 24.3 Å². The van der Waals surface area contributed by atoms with Crippen molar-refractivity contribution in [1.29, 1.82) is 0 Å². The van der Waals surface area contributed by atoms with Crippen LogP contribution in [0.4, 0.5) is 0 Å². The normalized spacial score (nSPS) is 30.6. The number of piperidine rings is 1. The molecular weight excluding hydrogens is 335 g/mol. The lowest BCUT2D eigenvalue weighted by Gasteiger charge is -2.29. The van der Waals surface area contributed by atoms with E-state index < -0.39 is 0 Å². The third-order valence-corrected chi connectivity index (χ3v) is 4.95. The molecule has 2 atom stereocenters. The summed E-state index contributed by atoms with van der Waals surface area (Å²) in [4.78, 5) is 0. The second-order valence-electron chi connectivity index (χ2n) is 5.64. The van der Waals surface area contributed by atoms with Gasteiger partial charge < -0.3 is 10.6 Å². The molecule has 0 radical (unpaired) electrons. The van der Waals surface area contributed by atoms with Crippen LogP contribution < -0.4 is 10.6 Å². The maximum absolute atomic E-state index is 3.74. The van der Waals surface area contributed by atoms with E-state index in [4.69, 9.17) is 0 Å². The minimum absolute atomic E-state index is 0.743. The van der Waals surface area contributed by atoms with Gasteiger partial charge in [0.25, 0.3) is 0 Å². The predicted octanol–water partition coefficient (Wildman–Crippen LogP) is 2.71. The summed E-state index contributed by atoms with van der Waals surface area (Å²) in [5.74, 6) is 0. The molecule has 2 bridgehead atoms. The lowest BCUT2D eigenvalue weighted by molar-refractivity contribution is 0.319. The van der Waals surface area contributed by atoms with Crippen molar-refractivity contribution in [2.24, 2.45) is 0 Å². The highest BCUT2D eigenvalue weighted by Crippen LogP contribution is 2.26. The quantitative estimate of drug-likeness (QED) is 0.811. The molecule has 2 saturated heterocycles. The molecule has 98 valence electrons. The van der Waals surface area contributed by atoms with Crippen molar-refractivity contribution in [1.82, 2.24) is 10.6 Å². The Bertz CT molecular complexity index is 378. The average molecular weight is 356 g/mol. The van der Waals surface area contributed by atoms with Crippen molar-refractivity contribution in [3.05, 3.63) is 33.4 Å². The summed E-state index contributed by atoms with van der Waals surface area (Å²) in [5.41, 5.74) is 1.44. The molecule has 18 heavy (non-hydrogen) atoms. The van der Waals surface area contributed by atoms with Gasteiger partial charge in [-0.15, -0.1) is 0 Å². The van der Waals surface area contributed by atoms with E-state index in [1.165, 1.54) is 34.8 Å². The number of rotatable bonds is 4. The van der Waals surface area contributed by atoms with Gasteiger partial charge in [0.1, 0.15) is 0 Å². The maximum Gasteiger partial charge on any atom is 0.0130 e. The zero-order valence-electron chi connectivity index (χ0n) is 10.7. The van der Waals surface area contributed by atoms with Crippen molar-refractivity contribution in [3.8, 4) is 0 Å². The van der Waals surface area contributed by atoms with E-state index in [2.05, 4.69) is 57.5 Å². The van der Waals surface area contributed by atoms with Gasteiger partial charge in [-0.05, 0) is 78.9 Å². The predicted molar refractivity (Wildman–Crippen MR) is 83.8 cm³/mol. The van der Waals surface area contributed by atoms with Crippen LogP contribution in [-0.4, -0.2) is 24.7 Å². The molecule has 0 aromatic heterocycles. The van der Waals surface area contributed by atoms with Crippen LogP contribution in [0, 0.1) is 3.57 Å². The Labute approximate surface area is 123 Å². The fourth-order valence-corrected chi connectivity index (χ4v) is 3.66. The van der Waals surface area contributed by atoms with E-state index in [1.807, 2.05) is 0 Å². The van der Waals surface area contributed by atoms with Crippen LogP contribution in [0.5, 0.6) is 0 Å². The second kappa shape index (κ2) is 5.88. The van der Waals surface area contributed by atoms with Gasteiger partial charge in [-0.3, -0.25) is 0 Å². The summed E-state index contributed by atoms with van der Waals surface area (Å²) >= 11 is 2.36. The van der Waals surface area contributed by atoms with Gasteiger partial charge in [-0.2, -0.15) is 0 Å². The highest BCUT2D eigenvalue weighted by molar-refractivity contribution is 14.1. The largest absolute Gasteiger partial charge is 0.314 e. The lowest BCUT2D eigenvalue weighted by atomic mass is 9.99. The summed E-state index contributed by atoms with van der Waals surface area (Å²) in [6, 6.07) is 11.2. The molecular formula is C15H21IN2. The Kier molecular flexibility index (Phi) is 4.21. The van der Waals surface area contributed by atoms with E-state index in [9.17, 15) is 0 Å². The number of halogens is 1. The first kappa shape index (κ1) is 12.9. The van der Waals surface area contributed by atoms with E-state index in [-0.39, 0.29) is 0 Å². The Morgan fingerprint density at radius 2 is 1.78 bits per heavy atom. The summed E-state index contributed by atoms with van der Waals surface area (Å²) in [6.45, 7) is 1.12. The fraction of sp³-hybridized carbons (Fsp3) is 0.600. The summed E-state index contributed by atoms with van der Waals surface area (Å²) < 4.78 is 1.32. The molecule has 0 amide bonds. The van der Waals surface area contributed by atoms with Gasteiger partial charge in [0.15, 0.2) is 0 Å². The topological polar surface area (TPSA) is 24.1 Å². The summed E-state index contributed by atoms with van der Waals surface area (Å²) in [6.07, 6.45) is 6.57. The van der Waals surface area contributed by atoms with Crippen LogP contribution >= 0.6 is 22.6 Å². The summed E-state index contributed by atoms with van der Waals surface area (Å²) in [5, 5.41) is 7.44. The fourth-order valence-electron chi connectivity index (χ4n) is 3.30. The summed E-state index contributed by atoms with van der Waals surface area (Å²) in [7, 11) is 0. The van der Waals surface area contributed by atoms with Gasteiger partial charge in [0.2, 0.25) is 0 Å². The number of hydrogen-bond donors (Lipinski definition) is 2. The molecule has 2 nitrogen and oxygen atoms in total. The zero-order valence-corrected chi connectivity index (χ0v) is 12.8. The van der Waals surface area contributed by atoms with Crippen LogP contribution in [0.2, 0.25) is 0 Å². The molecule has 2 N–H and O–H groups in total. The minimum Gasteiger partial charge on any atom is -0.314 e. The molecule has 2 aliphatic rings. The van der Waals surface area contributed by atoms with Gasteiger partial charge in [0, 0.05) is 21.7 Å². The number of nitrogens with one attached hydrogen (secondary N) is 2. The Balaban J connectivity index is 1.43. The second-order valence-corrected chi connectivity index (χ2v) is 6.88. The molecule has 1 aromatic carbocycles. The molecule has 0 aliphatic carbocycles. The first-order valence-corrected chi connectivity index (χ1v) is 8.11. The third-order valence-electron chi connectivity index (χ3n) is 4.23. The highest BCUT2D eigenvalue weighted by Gasteiger charge is 2.32. The van der Waals surface area contributed by atoms with Crippen molar-refractivity contribution < 1.29 is 0 Å². The molecule has 2 heterocycles. The van der Waals surface area contributed by atoms with E-state index in [0.29, 0.717) is 0 Å². The average Bonchev–Trinajstić information content (AvgIpc) is 2.71. The van der Waals surface area contributed by atoms with Crippen molar-refractivity contribution in [2.45, 2.75) is 50.2 Å². The van der Waals surface area contributed by atoms with Crippen LogP contribution in [0.3, 0.4) is 0 Å². The molecule has 2 fully saturated rings. The molecule has 1 aromatic rings. The van der Waals surface area contributed by atoms with Crippen LogP contribution in [0.25, 0.3) is 0 Å². The minimum atomic E-state index is 0.743. The molecule has 2 aliphatic heterocycles. The van der Waals surface area contributed by atoms with Crippen molar-refractivity contribution in [3.63, 3.8) is 0 Å². The molecule has 0 spiro atoms. The number of hydrogen-bond acceptors (Lipinski definition) is 2. The van der Waals surface area contributed by atoms with Crippen LogP contribution in [0.1, 0.15) is 31.2 Å². The maximum atomic E-state index is 3.74. The van der Waals surface area contributed by atoms with Gasteiger partial charge in [-0.1, -0.05) is 12.1 Å². The first-order valence-electron chi connectivity index (χ1n) is 7.03. The van der Waals surface area contributed by atoms with Crippen molar-refractivity contribution >= 4 is 22.6 Å². The Hall–Kier alpha value is -0.130. The van der Waals surface area contributed by atoms with Crippen LogP contribution in [-0.2, 0) is 6.42 Å². The SMILES string of the molecule is Ic1ccc(CCNC2CC3CCC(C2)N3)cc1. The molecule has 3 rings (SSSR count). The van der Waals surface area contributed by atoms with Gasteiger partial charge >= 0.3 is 0 Å². The van der Waals surface area contributed by atoms with E-state index in [1.54, 1.807) is 0 Å².